The average Bonchev–Trinajstić information content (AvgIpc) is 2.75. The highest BCUT2D eigenvalue weighted by Gasteiger charge is 2.59. The van der Waals surface area contributed by atoms with Crippen LogP contribution in [-0.2, 0) is 11.8 Å². The van der Waals surface area contributed by atoms with Gasteiger partial charge in [-0.1, -0.05) is 18.2 Å². The molecule has 0 fully saturated rings. The van der Waals surface area contributed by atoms with Gasteiger partial charge in [-0.15, -0.1) is 0 Å². The number of hydrogen-bond donors (Lipinski definition) is 0. The molecule has 0 bridgehead atoms. The number of likely N-dealkylation sites (N-methyl/N-ethyl adjacent to an activating group) is 1. The van der Waals surface area contributed by atoms with Crippen molar-refractivity contribution in [3.63, 3.8) is 0 Å². The van der Waals surface area contributed by atoms with Gasteiger partial charge < -0.3 is 9.64 Å². The van der Waals surface area contributed by atoms with Crippen molar-refractivity contribution in [1.82, 2.24) is 0 Å². The predicted octanol–water partition coefficient (Wildman–Crippen LogP) is 4.81. The molecular weight excluding hydrogens is 384 g/mol. The fourth-order valence-electron chi connectivity index (χ4n) is 4.36. The van der Waals surface area contributed by atoms with Crippen LogP contribution < -0.4 is 9.64 Å². The van der Waals surface area contributed by atoms with E-state index in [-0.39, 0.29) is 16.0 Å². The van der Waals surface area contributed by atoms with E-state index in [0.29, 0.717) is 10.2 Å². The van der Waals surface area contributed by atoms with E-state index in [1.54, 1.807) is 6.07 Å². The monoisotopic (exact) mass is 402 g/mol. The van der Waals surface area contributed by atoms with Crippen molar-refractivity contribution in [3.05, 3.63) is 62.1 Å². The number of nitro benzene ring substituents is 1. The molecule has 1 spiro atoms. The number of benzene rings is 2. The highest BCUT2D eigenvalue weighted by atomic mass is 79.9. The van der Waals surface area contributed by atoms with Crippen LogP contribution >= 0.6 is 15.9 Å². The molecule has 25 heavy (non-hydrogen) atoms. The molecule has 2 aromatic rings. The summed E-state index contributed by atoms with van der Waals surface area (Å²) < 4.78 is 7.25. The molecule has 1 unspecified atom stereocenters. The summed E-state index contributed by atoms with van der Waals surface area (Å²) in [5.74, 6) is 0.713. The van der Waals surface area contributed by atoms with Crippen molar-refractivity contribution in [1.29, 1.82) is 0 Å². The first-order valence-corrected chi connectivity index (χ1v) is 9.06. The highest BCUT2D eigenvalue weighted by Crippen LogP contribution is 2.56. The molecule has 0 amide bonds. The number of rotatable bonds is 1. The molecule has 130 valence electrons. The van der Waals surface area contributed by atoms with Gasteiger partial charge in [0, 0.05) is 36.9 Å². The molecule has 2 heterocycles. The van der Waals surface area contributed by atoms with E-state index in [1.807, 2.05) is 6.07 Å². The standard InChI is InChI=1S/C19H19BrN2O3/c1-18(2)14-6-4-5-7-16(14)21(3)19(18)9-8-12-10-13(22(23)24)11-15(20)17(12)25-19/h4-7,10-11H,8-9H2,1-3H3. The maximum Gasteiger partial charge on any atom is 0.271 e. The van der Waals surface area contributed by atoms with Gasteiger partial charge in [-0.2, -0.15) is 0 Å². The molecule has 0 N–H and O–H groups in total. The van der Waals surface area contributed by atoms with E-state index < -0.39 is 5.72 Å². The van der Waals surface area contributed by atoms with Crippen molar-refractivity contribution >= 4 is 27.3 Å². The Hall–Kier alpha value is -2.08. The van der Waals surface area contributed by atoms with Crippen LogP contribution in [0.1, 0.15) is 31.4 Å². The normalized spacial score (nSPS) is 23.1. The molecule has 6 heteroatoms. The maximum absolute atomic E-state index is 11.1. The second-order valence-corrected chi connectivity index (χ2v) is 8.11. The predicted molar refractivity (Wildman–Crippen MR) is 100 cm³/mol. The Morgan fingerprint density at radius 1 is 1.28 bits per heavy atom. The topological polar surface area (TPSA) is 55.6 Å². The first-order valence-electron chi connectivity index (χ1n) is 8.27. The number of para-hydroxylation sites is 1. The number of ether oxygens (including phenoxy) is 1. The lowest BCUT2D eigenvalue weighted by Gasteiger charge is -2.48. The minimum absolute atomic E-state index is 0.0903. The van der Waals surface area contributed by atoms with Gasteiger partial charge in [-0.25, -0.2) is 0 Å². The summed E-state index contributed by atoms with van der Waals surface area (Å²) in [5, 5.41) is 11.1. The number of halogens is 1. The molecule has 2 aliphatic heterocycles. The second-order valence-electron chi connectivity index (χ2n) is 7.26. The third-order valence-corrected chi connectivity index (χ3v) is 6.37. The number of non-ortho nitro benzene ring substituents is 1. The summed E-state index contributed by atoms with van der Waals surface area (Å²) in [7, 11) is 2.07. The van der Waals surface area contributed by atoms with E-state index in [1.165, 1.54) is 17.3 Å². The largest absolute Gasteiger partial charge is 0.466 e. The van der Waals surface area contributed by atoms with Gasteiger partial charge in [0.2, 0.25) is 0 Å². The lowest BCUT2D eigenvalue weighted by Crippen LogP contribution is -2.60. The van der Waals surface area contributed by atoms with Crippen LogP contribution in [-0.4, -0.2) is 17.7 Å². The van der Waals surface area contributed by atoms with Crippen LogP contribution in [0.5, 0.6) is 5.75 Å². The van der Waals surface area contributed by atoms with Gasteiger partial charge in [0.15, 0.2) is 5.72 Å². The van der Waals surface area contributed by atoms with Gasteiger partial charge in [-0.05, 0) is 47.8 Å². The molecular formula is C19H19BrN2O3. The molecule has 1 atom stereocenters. The van der Waals surface area contributed by atoms with E-state index in [2.05, 4.69) is 59.9 Å². The molecule has 0 saturated heterocycles. The SMILES string of the molecule is CN1c2ccccc2C(C)(C)C12CCc1cc([N+](=O)[O-])cc(Br)c1O2. The molecule has 2 aliphatic rings. The maximum atomic E-state index is 11.1. The van der Waals surface area contributed by atoms with Crippen molar-refractivity contribution in [3.8, 4) is 5.75 Å². The minimum atomic E-state index is -0.512. The van der Waals surface area contributed by atoms with Crippen LogP contribution in [0, 0.1) is 10.1 Å². The molecule has 2 aromatic carbocycles. The van der Waals surface area contributed by atoms with Gasteiger partial charge in [-0.3, -0.25) is 10.1 Å². The molecule has 0 radical (unpaired) electrons. The van der Waals surface area contributed by atoms with Crippen LogP contribution in [0.15, 0.2) is 40.9 Å². The zero-order chi connectivity index (χ0) is 18.0. The smallest absolute Gasteiger partial charge is 0.271 e. The van der Waals surface area contributed by atoms with Crippen LogP contribution in [0.25, 0.3) is 0 Å². The minimum Gasteiger partial charge on any atom is -0.466 e. The summed E-state index contributed by atoms with van der Waals surface area (Å²) >= 11 is 3.48. The fourth-order valence-corrected chi connectivity index (χ4v) is 4.93. The summed E-state index contributed by atoms with van der Waals surface area (Å²) in [6.45, 7) is 4.42. The summed E-state index contributed by atoms with van der Waals surface area (Å²) in [6.07, 6.45) is 1.50. The molecule has 0 aliphatic carbocycles. The van der Waals surface area contributed by atoms with Gasteiger partial charge in [0.25, 0.3) is 5.69 Å². The number of aryl methyl sites for hydroxylation is 1. The highest BCUT2D eigenvalue weighted by molar-refractivity contribution is 9.10. The van der Waals surface area contributed by atoms with Crippen LogP contribution in [0.2, 0.25) is 0 Å². The summed E-state index contributed by atoms with van der Waals surface area (Å²) in [4.78, 5) is 13.0. The van der Waals surface area contributed by atoms with Crippen molar-refractivity contribution < 1.29 is 9.66 Å². The summed E-state index contributed by atoms with van der Waals surface area (Å²) in [5.41, 5.74) is 2.69. The number of fused-ring (bicyclic) bond motifs is 2. The summed E-state index contributed by atoms with van der Waals surface area (Å²) in [6, 6.07) is 11.5. The number of hydrogen-bond acceptors (Lipinski definition) is 4. The van der Waals surface area contributed by atoms with Gasteiger partial charge in [0.1, 0.15) is 5.75 Å². The number of anilines is 1. The van der Waals surface area contributed by atoms with E-state index in [0.717, 1.165) is 18.4 Å². The second kappa shape index (κ2) is 5.21. The Morgan fingerprint density at radius 3 is 2.68 bits per heavy atom. The van der Waals surface area contributed by atoms with Crippen LogP contribution in [0.4, 0.5) is 11.4 Å². The third-order valence-electron chi connectivity index (χ3n) is 5.78. The fraction of sp³-hybridized carbons (Fsp3) is 0.368. The van der Waals surface area contributed by atoms with Crippen molar-refractivity contribution in [2.75, 3.05) is 11.9 Å². The van der Waals surface area contributed by atoms with E-state index in [4.69, 9.17) is 4.74 Å². The first kappa shape index (κ1) is 16.4. The average molecular weight is 403 g/mol. The van der Waals surface area contributed by atoms with Crippen molar-refractivity contribution in [2.24, 2.45) is 0 Å². The molecule has 5 nitrogen and oxygen atoms in total. The number of nitro groups is 1. The Labute approximate surface area is 154 Å². The Morgan fingerprint density at radius 2 is 2.00 bits per heavy atom. The zero-order valence-corrected chi connectivity index (χ0v) is 16.0. The molecule has 4 rings (SSSR count). The first-order chi connectivity index (χ1) is 11.8. The van der Waals surface area contributed by atoms with E-state index in [9.17, 15) is 10.1 Å². The Kier molecular flexibility index (Phi) is 3.41. The third kappa shape index (κ3) is 2.06. The number of nitrogens with zero attached hydrogens (tertiary/aromatic N) is 2. The lowest BCUT2D eigenvalue weighted by atomic mass is 9.74. The van der Waals surface area contributed by atoms with Crippen molar-refractivity contribution in [2.45, 2.75) is 37.8 Å². The van der Waals surface area contributed by atoms with Gasteiger partial charge in [0.05, 0.1) is 14.8 Å². The van der Waals surface area contributed by atoms with Crippen LogP contribution in [0.3, 0.4) is 0 Å². The Bertz CT molecular complexity index is 896. The lowest BCUT2D eigenvalue weighted by molar-refractivity contribution is -0.385. The van der Waals surface area contributed by atoms with Gasteiger partial charge >= 0.3 is 0 Å². The Balaban J connectivity index is 1.84. The quantitative estimate of drug-likeness (QED) is 0.507. The van der Waals surface area contributed by atoms with E-state index >= 15 is 0 Å². The zero-order valence-electron chi connectivity index (χ0n) is 14.4. The molecule has 0 aromatic heterocycles. The molecule has 0 saturated carbocycles.